The number of carbonyl (C=O) groups excluding carboxylic acids is 1. The maximum Gasteiger partial charge on any atom is 0.231 e. The molecule has 0 fully saturated rings. The zero-order valence-electron chi connectivity index (χ0n) is 8.49. The van der Waals surface area contributed by atoms with Crippen molar-refractivity contribution in [3.05, 3.63) is 36.0 Å². The number of amides is 1. The van der Waals surface area contributed by atoms with Gasteiger partial charge in [0.05, 0.1) is 6.54 Å². The van der Waals surface area contributed by atoms with Crippen LogP contribution in [0.25, 0.3) is 0 Å². The Balaban J connectivity index is 2.55. The lowest BCUT2D eigenvalue weighted by molar-refractivity contribution is -0.118. The van der Waals surface area contributed by atoms with Gasteiger partial charge in [0, 0.05) is 13.1 Å². The first-order chi connectivity index (χ1) is 6.63. The van der Waals surface area contributed by atoms with E-state index in [4.69, 9.17) is 5.73 Å². The maximum atomic E-state index is 10.7. The highest BCUT2D eigenvalue weighted by Crippen LogP contribution is 2.17. The molecule has 1 amide bonds. The second kappa shape index (κ2) is 4.77. The monoisotopic (exact) mass is 192 g/mol. The van der Waals surface area contributed by atoms with Crippen LogP contribution in [0, 0.1) is 0 Å². The lowest BCUT2D eigenvalue weighted by Gasteiger charge is -2.12. The highest BCUT2D eigenvalue weighted by Gasteiger charge is 2.18. The molecule has 1 aliphatic rings. The van der Waals surface area contributed by atoms with Gasteiger partial charge in [0.1, 0.15) is 0 Å². The minimum Gasteiger partial charge on any atom is -0.369 e. The van der Waals surface area contributed by atoms with Gasteiger partial charge in [0.25, 0.3) is 0 Å². The van der Waals surface area contributed by atoms with Crippen LogP contribution >= 0.6 is 0 Å². The zero-order valence-corrected chi connectivity index (χ0v) is 8.49. The summed E-state index contributed by atoms with van der Waals surface area (Å²) in [5.74, 6) is -0.272. The smallest absolute Gasteiger partial charge is 0.231 e. The molecule has 2 N–H and O–H groups in total. The van der Waals surface area contributed by atoms with Gasteiger partial charge in [0.15, 0.2) is 0 Å². The van der Waals surface area contributed by atoms with Crippen molar-refractivity contribution in [3.8, 4) is 0 Å². The third-order valence-electron chi connectivity index (χ3n) is 2.22. The molecule has 1 rings (SSSR count). The van der Waals surface area contributed by atoms with Crippen molar-refractivity contribution in [2.24, 2.45) is 5.73 Å². The average Bonchev–Trinajstić information content (AvgIpc) is 2.41. The minimum atomic E-state index is -0.272. The number of rotatable bonds is 4. The van der Waals surface area contributed by atoms with Crippen molar-refractivity contribution in [1.82, 2.24) is 4.90 Å². The van der Waals surface area contributed by atoms with E-state index in [1.807, 2.05) is 17.1 Å². The number of nitrogens with two attached hydrogens (primary N) is 1. The highest BCUT2D eigenvalue weighted by atomic mass is 16.1. The zero-order chi connectivity index (χ0) is 10.6. The molecule has 0 aliphatic carbocycles. The van der Waals surface area contributed by atoms with Gasteiger partial charge in [-0.25, -0.2) is 0 Å². The Bertz CT molecular complexity index is 302. The number of allylic oxidation sites excluding steroid dienone is 2. The average molecular weight is 192 g/mol. The summed E-state index contributed by atoms with van der Waals surface area (Å²) in [5.41, 5.74) is 7.68. The summed E-state index contributed by atoms with van der Waals surface area (Å²) < 4.78 is 0. The summed E-state index contributed by atoms with van der Waals surface area (Å²) in [7, 11) is 0. The van der Waals surface area contributed by atoms with Gasteiger partial charge in [-0.15, -0.1) is 0 Å². The van der Waals surface area contributed by atoms with Crippen molar-refractivity contribution >= 4 is 5.91 Å². The van der Waals surface area contributed by atoms with E-state index in [1.54, 1.807) is 6.08 Å². The quantitative estimate of drug-likeness (QED) is 0.671. The molecule has 0 saturated carbocycles. The van der Waals surface area contributed by atoms with Crippen LogP contribution in [-0.2, 0) is 4.79 Å². The highest BCUT2D eigenvalue weighted by molar-refractivity contribution is 5.76. The van der Waals surface area contributed by atoms with Crippen molar-refractivity contribution < 1.29 is 4.79 Å². The fraction of sp³-hybridized carbons (Fsp3) is 0.364. The first kappa shape index (κ1) is 10.7. The molecule has 0 radical (unpaired) electrons. The molecule has 0 atom stereocenters. The molecule has 76 valence electrons. The van der Waals surface area contributed by atoms with E-state index in [9.17, 15) is 4.79 Å². The molecule has 0 unspecified atom stereocenters. The minimum absolute atomic E-state index is 0.272. The van der Waals surface area contributed by atoms with Crippen molar-refractivity contribution in [3.63, 3.8) is 0 Å². The number of hydrogen-bond acceptors (Lipinski definition) is 2. The molecule has 0 aromatic rings. The summed E-state index contributed by atoms with van der Waals surface area (Å²) in [6.45, 7) is 7.66. The SMILES string of the molecule is C=C/C=C\C1=C(C)CN(CC(N)=O)C1. The first-order valence-corrected chi connectivity index (χ1v) is 4.62. The number of primary amides is 1. The summed E-state index contributed by atoms with van der Waals surface area (Å²) in [4.78, 5) is 12.7. The van der Waals surface area contributed by atoms with Crippen LogP contribution in [0.5, 0.6) is 0 Å². The summed E-state index contributed by atoms with van der Waals surface area (Å²) >= 11 is 0. The van der Waals surface area contributed by atoms with Crippen molar-refractivity contribution in [2.45, 2.75) is 6.92 Å². The van der Waals surface area contributed by atoms with Crippen LogP contribution in [-0.4, -0.2) is 30.4 Å². The van der Waals surface area contributed by atoms with E-state index in [2.05, 4.69) is 13.5 Å². The molecular weight excluding hydrogens is 176 g/mol. The lowest BCUT2D eigenvalue weighted by Crippen LogP contribution is -2.32. The topological polar surface area (TPSA) is 46.3 Å². The van der Waals surface area contributed by atoms with E-state index in [0.29, 0.717) is 6.54 Å². The van der Waals surface area contributed by atoms with Gasteiger partial charge in [-0.05, 0) is 12.5 Å². The lowest BCUT2D eigenvalue weighted by atomic mass is 10.2. The molecule has 0 aromatic heterocycles. The standard InChI is InChI=1S/C11H16N2O/c1-3-4-5-10-7-13(6-9(10)2)8-11(12)14/h3-5H,1,6-8H2,2H3,(H2,12,14)/b5-4-. The Kier molecular flexibility index (Phi) is 3.65. The Morgan fingerprint density at radius 1 is 1.64 bits per heavy atom. The number of hydrogen-bond donors (Lipinski definition) is 1. The fourth-order valence-electron chi connectivity index (χ4n) is 1.58. The molecule has 3 nitrogen and oxygen atoms in total. The third-order valence-corrected chi connectivity index (χ3v) is 2.22. The third kappa shape index (κ3) is 2.85. The van der Waals surface area contributed by atoms with Gasteiger partial charge < -0.3 is 5.73 Å². The molecule has 0 saturated heterocycles. The van der Waals surface area contributed by atoms with E-state index >= 15 is 0 Å². The summed E-state index contributed by atoms with van der Waals surface area (Å²) in [6.07, 6.45) is 5.69. The maximum absolute atomic E-state index is 10.7. The molecule has 0 spiro atoms. The molecule has 0 bridgehead atoms. The van der Waals surface area contributed by atoms with Gasteiger partial charge in [-0.3, -0.25) is 9.69 Å². The Hall–Kier alpha value is -1.35. The van der Waals surface area contributed by atoms with E-state index in [-0.39, 0.29) is 5.91 Å². The predicted molar refractivity (Wildman–Crippen MR) is 57.7 cm³/mol. The second-order valence-corrected chi connectivity index (χ2v) is 3.51. The van der Waals surface area contributed by atoms with Gasteiger partial charge in [0.2, 0.25) is 5.91 Å². The van der Waals surface area contributed by atoms with Crippen LogP contribution in [0.15, 0.2) is 36.0 Å². The van der Waals surface area contributed by atoms with Gasteiger partial charge >= 0.3 is 0 Å². The predicted octanol–water partition coefficient (Wildman–Crippen LogP) is 0.846. The van der Waals surface area contributed by atoms with Crippen molar-refractivity contribution in [2.75, 3.05) is 19.6 Å². The normalized spacial score (nSPS) is 18.1. The second-order valence-electron chi connectivity index (χ2n) is 3.51. The molecular formula is C11H16N2O. The Morgan fingerprint density at radius 3 is 2.93 bits per heavy atom. The van der Waals surface area contributed by atoms with Crippen LogP contribution in [0.4, 0.5) is 0 Å². The molecule has 14 heavy (non-hydrogen) atoms. The molecule has 1 heterocycles. The number of nitrogens with zero attached hydrogens (tertiary/aromatic N) is 1. The van der Waals surface area contributed by atoms with E-state index < -0.39 is 0 Å². The van der Waals surface area contributed by atoms with E-state index in [1.165, 1.54) is 11.1 Å². The van der Waals surface area contributed by atoms with Gasteiger partial charge in [-0.1, -0.05) is 30.4 Å². The van der Waals surface area contributed by atoms with Crippen molar-refractivity contribution in [1.29, 1.82) is 0 Å². The van der Waals surface area contributed by atoms with Crippen LogP contribution < -0.4 is 5.73 Å². The first-order valence-electron chi connectivity index (χ1n) is 4.62. The Labute approximate surface area is 84.6 Å². The fourth-order valence-corrected chi connectivity index (χ4v) is 1.58. The molecule has 1 aliphatic heterocycles. The summed E-state index contributed by atoms with van der Waals surface area (Å²) in [6, 6.07) is 0. The molecule has 3 heteroatoms. The Morgan fingerprint density at radius 2 is 2.36 bits per heavy atom. The van der Waals surface area contributed by atoms with Crippen LogP contribution in [0.3, 0.4) is 0 Å². The van der Waals surface area contributed by atoms with Crippen LogP contribution in [0.2, 0.25) is 0 Å². The summed E-state index contributed by atoms with van der Waals surface area (Å²) in [5, 5.41) is 0. The van der Waals surface area contributed by atoms with E-state index in [0.717, 1.165) is 13.1 Å². The van der Waals surface area contributed by atoms with Gasteiger partial charge in [-0.2, -0.15) is 0 Å². The van der Waals surface area contributed by atoms with Crippen LogP contribution in [0.1, 0.15) is 6.92 Å². The largest absolute Gasteiger partial charge is 0.369 e. The molecule has 0 aromatic carbocycles. The number of carbonyl (C=O) groups is 1.